The van der Waals surface area contributed by atoms with Gasteiger partial charge in [0, 0.05) is 35.1 Å². The van der Waals surface area contributed by atoms with Gasteiger partial charge in [-0.2, -0.15) is 5.10 Å². The summed E-state index contributed by atoms with van der Waals surface area (Å²) >= 11 is 15.1. The minimum atomic E-state index is 0.388. The van der Waals surface area contributed by atoms with E-state index in [-0.39, 0.29) is 0 Å². The minimum Gasteiger partial charge on any atom is -0.497 e. The monoisotopic (exact) mass is 480 g/mol. The highest BCUT2D eigenvalue weighted by Crippen LogP contribution is 2.27. The van der Waals surface area contributed by atoms with Crippen LogP contribution in [0.3, 0.4) is 0 Å². The Morgan fingerprint density at radius 3 is 2.46 bits per heavy atom. The molecule has 2 N–H and O–H groups in total. The van der Waals surface area contributed by atoms with Gasteiger partial charge in [-0.1, -0.05) is 29.8 Å². The molecule has 9 heteroatoms. The zero-order valence-corrected chi connectivity index (χ0v) is 18.4. The first-order valence-electron chi connectivity index (χ1n) is 8.26. The normalized spacial score (nSPS) is 10.4. The minimum absolute atomic E-state index is 0.388. The van der Waals surface area contributed by atoms with E-state index in [9.17, 15) is 0 Å². The Labute approximate surface area is 181 Å². The quantitative estimate of drug-likeness (QED) is 0.474. The average molecular weight is 482 g/mol. The summed E-state index contributed by atoms with van der Waals surface area (Å²) in [6, 6.07) is 13.1. The lowest BCUT2D eigenvalue weighted by atomic mass is 10.2. The van der Waals surface area contributed by atoms with Crippen molar-refractivity contribution in [2.75, 3.05) is 24.9 Å². The largest absolute Gasteiger partial charge is 0.497 e. The number of rotatable bonds is 6. The molecule has 0 amide bonds. The first kappa shape index (κ1) is 20.4. The van der Waals surface area contributed by atoms with Crippen molar-refractivity contribution in [2.45, 2.75) is 6.54 Å². The van der Waals surface area contributed by atoms with Crippen LogP contribution in [0.25, 0.3) is 0 Å². The van der Waals surface area contributed by atoms with E-state index in [2.05, 4.69) is 31.7 Å². The number of hydrogen-bond acceptors (Lipinski definition) is 4. The summed E-state index contributed by atoms with van der Waals surface area (Å²) in [5, 5.41) is 11.8. The maximum atomic E-state index is 6.23. The topological polar surface area (TPSA) is 60.3 Å². The molecule has 146 valence electrons. The van der Waals surface area contributed by atoms with Crippen molar-refractivity contribution in [2.24, 2.45) is 0 Å². The number of benzene rings is 2. The van der Waals surface area contributed by atoms with Gasteiger partial charge in [0.2, 0.25) is 0 Å². The Kier molecular flexibility index (Phi) is 6.77. The van der Waals surface area contributed by atoms with Crippen LogP contribution < -0.4 is 20.1 Å². The molecule has 0 fully saturated rings. The number of ether oxygens (including phenoxy) is 2. The highest BCUT2D eigenvalue weighted by molar-refractivity contribution is 9.10. The summed E-state index contributed by atoms with van der Waals surface area (Å²) in [5.74, 6) is 1.92. The molecule has 0 aliphatic heterocycles. The molecule has 0 saturated carbocycles. The number of nitrogens with one attached hydrogen (secondary N) is 2. The summed E-state index contributed by atoms with van der Waals surface area (Å²) in [4.78, 5) is 0. The van der Waals surface area contributed by atoms with E-state index >= 15 is 0 Å². The molecule has 3 aromatic rings. The summed E-state index contributed by atoms with van der Waals surface area (Å²) in [7, 11) is 3.19. The van der Waals surface area contributed by atoms with Crippen molar-refractivity contribution in [1.82, 2.24) is 9.78 Å². The second kappa shape index (κ2) is 9.27. The number of aromatic nitrogens is 2. The Morgan fingerprint density at radius 1 is 1.14 bits per heavy atom. The van der Waals surface area contributed by atoms with Gasteiger partial charge in [0.05, 0.1) is 25.2 Å². The number of anilines is 2. The second-order valence-corrected chi connectivity index (χ2v) is 7.46. The molecule has 0 radical (unpaired) electrons. The molecule has 0 spiro atoms. The van der Waals surface area contributed by atoms with Crippen molar-refractivity contribution >= 4 is 56.4 Å². The maximum Gasteiger partial charge on any atom is 0.176 e. The smallest absolute Gasteiger partial charge is 0.176 e. The molecular weight excluding hydrogens is 464 g/mol. The van der Waals surface area contributed by atoms with Crippen LogP contribution >= 0.6 is 39.7 Å². The van der Waals surface area contributed by atoms with E-state index in [0.717, 1.165) is 15.7 Å². The van der Waals surface area contributed by atoms with Crippen molar-refractivity contribution in [3.8, 4) is 11.5 Å². The van der Waals surface area contributed by atoms with Gasteiger partial charge in [-0.3, -0.25) is 4.68 Å². The molecule has 1 aromatic heterocycles. The van der Waals surface area contributed by atoms with Crippen molar-refractivity contribution in [3.05, 3.63) is 63.7 Å². The van der Waals surface area contributed by atoms with Crippen LogP contribution in [0.2, 0.25) is 5.02 Å². The predicted molar refractivity (Wildman–Crippen MR) is 120 cm³/mol. The Morgan fingerprint density at radius 2 is 1.82 bits per heavy atom. The van der Waals surface area contributed by atoms with E-state index < -0.39 is 0 Å². The number of methoxy groups -OCH3 is 2. The average Bonchev–Trinajstić information content (AvgIpc) is 3.02. The zero-order chi connectivity index (χ0) is 20.1. The summed E-state index contributed by atoms with van der Waals surface area (Å²) < 4.78 is 13.1. The highest BCUT2D eigenvalue weighted by Gasteiger charge is 2.11. The Bertz CT molecular complexity index is 974. The van der Waals surface area contributed by atoms with Crippen LogP contribution in [0.5, 0.6) is 11.5 Å². The van der Waals surface area contributed by atoms with Crippen LogP contribution in [-0.2, 0) is 6.54 Å². The molecule has 0 aliphatic carbocycles. The molecule has 2 aromatic carbocycles. The van der Waals surface area contributed by atoms with Gasteiger partial charge < -0.3 is 20.1 Å². The molecule has 3 rings (SSSR count). The maximum absolute atomic E-state index is 6.23. The number of thiocarbonyl (C=S) groups is 1. The lowest BCUT2D eigenvalue weighted by Crippen LogP contribution is -2.20. The highest BCUT2D eigenvalue weighted by atomic mass is 79.9. The van der Waals surface area contributed by atoms with Crippen LogP contribution in [0, 0.1) is 0 Å². The standard InChI is InChI=1S/C19H18BrClN4O2S/c1-26-14-7-13(8-15(9-14)27-2)22-19(28)23-18-16(20)11-25(24-18)10-12-5-3-4-6-17(12)21/h3-9,11H,10H2,1-2H3,(H2,22,23,24,28). The Balaban J connectivity index is 1.69. The van der Waals surface area contributed by atoms with Gasteiger partial charge in [0.15, 0.2) is 10.9 Å². The van der Waals surface area contributed by atoms with Gasteiger partial charge in [-0.25, -0.2) is 0 Å². The van der Waals surface area contributed by atoms with Crippen LogP contribution in [-0.4, -0.2) is 29.1 Å². The van der Waals surface area contributed by atoms with Crippen molar-refractivity contribution < 1.29 is 9.47 Å². The molecule has 0 atom stereocenters. The molecule has 6 nitrogen and oxygen atoms in total. The second-order valence-electron chi connectivity index (χ2n) is 5.80. The van der Waals surface area contributed by atoms with Crippen molar-refractivity contribution in [3.63, 3.8) is 0 Å². The first-order chi connectivity index (χ1) is 13.5. The summed E-state index contributed by atoms with van der Waals surface area (Å²) in [6.07, 6.45) is 1.86. The fourth-order valence-electron chi connectivity index (χ4n) is 2.51. The predicted octanol–water partition coefficient (Wildman–Crippen LogP) is 5.17. The number of nitrogens with zero attached hydrogens (tertiary/aromatic N) is 2. The lowest BCUT2D eigenvalue weighted by Gasteiger charge is -2.12. The van der Waals surface area contributed by atoms with Crippen molar-refractivity contribution in [1.29, 1.82) is 0 Å². The summed E-state index contributed by atoms with van der Waals surface area (Å²) in [5.41, 5.74) is 1.72. The van der Waals surface area contributed by atoms with E-state index in [0.29, 0.717) is 34.0 Å². The SMILES string of the molecule is COc1cc(NC(=S)Nc2nn(Cc3ccccc3Cl)cc2Br)cc(OC)c1. The van der Waals surface area contributed by atoms with E-state index in [1.807, 2.05) is 42.6 Å². The molecule has 0 bridgehead atoms. The van der Waals surface area contributed by atoms with E-state index in [4.69, 9.17) is 33.3 Å². The number of hydrogen-bond donors (Lipinski definition) is 2. The van der Waals surface area contributed by atoms with Gasteiger partial charge in [0.1, 0.15) is 11.5 Å². The molecule has 0 aliphatic rings. The lowest BCUT2D eigenvalue weighted by molar-refractivity contribution is 0.395. The molecule has 28 heavy (non-hydrogen) atoms. The van der Waals surface area contributed by atoms with Crippen LogP contribution in [0.4, 0.5) is 11.5 Å². The van der Waals surface area contributed by atoms with Gasteiger partial charge in [-0.05, 0) is 39.8 Å². The summed E-state index contributed by atoms with van der Waals surface area (Å²) in [6.45, 7) is 0.549. The Hall–Kier alpha value is -2.29. The fourth-order valence-corrected chi connectivity index (χ4v) is 3.34. The van der Waals surface area contributed by atoms with E-state index in [1.165, 1.54) is 0 Å². The molecule has 0 saturated heterocycles. The zero-order valence-electron chi connectivity index (χ0n) is 15.2. The van der Waals surface area contributed by atoms with E-state index in [1.54, 1.807) is 25.0 Å². The third-order valence-electron chi connectivity index (χ3n) is 3.85. The third-order valence-corrected chi connectivity index (χ3v) is 5.00. The van der Waals surface area contributed by atoms with Gasteiger partial charge in [0.25, 0.3) is 0 Å². The fraction of sp³-hybridized carbons (Fsp3) is 0.158. The molecular formula is C19H18BrClN4O2S. The molecule has 0 unspecified atom stereocenters. The first-order valence-corrected chi connectivity index (χ1v) is 9.84. The van der Waals surface area contributed by atoms with Crippen LogP contribution in [0.15, 0.2) is 53.1 Å². The van der Waals surface area contributed by atoms with Crippen LogP contribution in [0.1, 0.15) is 5.56 Å². The van der Waals surface area contributed by atoms with Gasteiger partial charge >= 0.3 is 0 Å². The van der Waals surface area contributed by atoms with Gasteiger partial charge in [-0.15, -0.1) is 0 Å². The number of halogens is 2. The molecule has 1 heterocycles. The third kappa shape index (κ3) is 5.15.